The van der Waals surface area contributed by atoms with Crippen LogP contribution >= 0.6 is 11.3 Å². The third kappa shape index (κ3) is 4.57. The van der Waals surface area contributed by atoms with Crippen molar-refractivity contribution in [3.63, 3.8) is 0 Å². The number of hydrogen-bond donors (Lipinski definition) is 1. The van der Waals surface area contributed by atoms with E-state index in [2.05, 4.69) is 16.3 Å². The second-order valence-corrected chi connectivity index (χ2v) is 9.76. The summed E-state index contributed by atoms with van der Waals surface area (Å²) in [6.07, 6.45) is 1.80. The molecule has 1 aliphatic heterocycles. The van der Waals surface area contributed by atoms with E-state index < -0.39 is 10.0 Å². The van der Waals surface area contributed by atoms with Crippen LogP contribution in [-0.4, -0.2) is 57.3 Å². The Morgan fingerprint density at radius 1 is 1.19 bits per heavy atom. The van der Waals surface area contributed by atoms with E-state index in [0.717, 1.165) is 12.8 Å². The van der Waals surface area contributed by atoms with Gasteiger partial charge in [-0.05, 0) is 62.6 Å². The Kier molecular flexibility index (Phi) is 6.31. The van der Waals surface area contributed by atoms with Crippen molar-refractivity contribution in [3.8, 4) is 0 Å². The molecule has 3 rings (SSSR count). The number of thiophene rings is 1. The Morgan fingerprint density at radius 2 is 1.85 bits per heavy atom. The molecule has 1 amide bonds. The summed E-state index contributed by atoms with van der Waals surface area (Å²) in [5.74, 6) is -0.205. The van der Waals surface area contributed by atoms with E-state index in [0.29, 0.717) is 25.2 Å². The Balaban J connectivity index is 1.65. The summed E-state index contributed by atoms with van der Waals surface area (Å²) in [5.41, 5.74) is 0.457. The first-order chi connectivity index (χ1) is 12.9. The molecule has 6 nitrogen and oxygen atoms in total. The van der Waals surface area contributed by atoms with Gasteiger partial charge in [0.05, 0.1) is 10.9 Å². The summed E-state index contributed by atoms with van der Waals surface area (Å²) in [5, 5.41) is 4.97. The summed E-state index contributed by atoms with van der Waals surface area (Å²) in [6, 6.07) is 10.3. The van der Waals surface area contributed by atoms with E-state index in [1.54, 1.807) is 23.5 Å². The van der Waals surface area contributed by atoms with Crippen molar-refractivity contribution in [3.05, 3.63) is 52.2 Å². The van der Waals surface area contributed by atoms with Gasteiger partial charge < -0.3 is 10.2 Å². The highest BCUT2D eigenvalue weighted by Crippen LogP contribution is 2.23. The van der Waals surface area contributed by atoms with Crippen LogP contribution < -0.4 is 5.32 Å². The number of carbonyl (C=O) groups is 1. The molecule has 0 aliphatic carbocycles. The van der Waals surface area contributed by atoms with Gasteiger partial charge in [-0.2, -0.15) is 4.31 Å². The van der Waals surface area contributed by atoms with Crippen LogP contribution in [0.2, 0.25) is 0 Å². The van der Waals surface area contributed by atoms with Crippen LogP contribution in [0.25, 0.3) is 0 Å². The van der Waals surface area contributed by atoms with Crippen LogP contribution in [0.5, 0.6) is 0 Å². The molecule has 1 aromatic carbocycles. The van der Waals surface area contributed by atoms with Gasteiger partial charge in [0.2, 0.25) is 10.0 Å². The molecule has 0 spiro atoms. The first-order valence-electron chi connectivity index (χ1n) is 8.98. The van der Waals surface area contributed by atoms with Gasteiger partial charge in [0.25, 0.3) is 5.91 Å². The van der Waals surface area contributed by atoms with Crippen LogP contribution in [0.4, 0.5) is 0 Å². The zero-order chi connectivity index (χ0) is 19.4. The average Bonchev–Trinajstić information content (AvgIpc) is 3.36. The minimum absolute atomic E-state index is 0.101. The Morgan fingerprint density at radius 3 is 2.41 bits per heavy atom. The maximum Gasteiger partial charge on any atom is 0.251 e. The number of benzene rings is 1. The SMILES string of the molecule is CN(C)[C@@H](CNC(=O)c1ccc(S(=O)(=O)N2CCCC2)cc1)c1cccs1. The van der Waals surface area contributed by atoms with Crippen molar-refractivity contribution in [1.82, 2.24) is 14.5 Å². The highest BCUT2D eigenvalue weighted by Gasteiger charge is 2.27. The molecule has 0 bridgehead atoms. The molecule has 146 valence electrons. The van der Waals surface area contributed by atoms with Gasteiger partial charge in [-0.15, -0.1) is 11.3 Å². The molecular weight excluding hydrogens is 382 g/mol. The summed E-state index contributed by atoms with van der Waals surface area (Å²) < 4.78 is 26.6. The van der Waals surface area contributed by atoms with Gasteiger partial charge in [0.15, 0.2) is 0 Å². The fourth-order valence-corrected chi connectivity index (χ4v) is 5.61. The smallest absolute Gasteiger partial charge is 0.251 e. The number of amides is 1. The van der Waals surface area contributed by atoms with Gasteiger partial charge in [-0.1, -0.05) is 6.07 Å². The largest absolute Gasteiger partial charge is 0.350 e. The lowest BCUT2D eigenvalue weighted by atomic mass is 10.2. The van der Waals surface area contributed by atoms with Gasteiger partial charge in [0, 0.05) is 30.1 Å². The fraction of sp³-hybridized carbons (Fsp3) is 0.421. The highest BCUT2D eigenvalue weighted by atomic mass is 32.2. The molecule has 2 aromatic rings. The maximum atomic E-state index is 12.6. The van der Waals surface area contributed by atoms with Crippen LogP contribution in [-0.2, 0) is 10.0 Å². The number of hydrogen-bond acceptors (Lipinski definition) is 5. The minimum atomic E-state index is -3.45. The predicted octanol–water partition coefficient (Wildman–Crippen LogP) is 2.57. The first kappa shape index (κ1) is 20.0. The van der Waals surface area contributed by atoms with Gasteiger partial charge >= 0.3 is 0 Å². The maximum absolute atomic E-state index is 12.6. The number of nitrogens with zero attached hydrogens (tertiary/aromatic N) is 2. The molecular formula is C19H25N3O3S2. The molecule has 8 heteroatoms. The molecule has 1 aliphatic rings. The molecule has 0 saturated carbocycles. The third-order valence-corrected chi connectivity index (χ3v) is 7.66. The van der Waals surface area contributed by atoms with Crippen molar-refractivity contribution >= 4 is 27.3 Å². The summed E-state index contributed by atoms with van der Waals surface area (Å²) >= 11 is 1.66. The van der Waals surface area contributed by atoms with Crippen molar-refractivity contribution in [2.45, 2.75) is 23.8 Å². The number of sulfonamides is 1. The van der Waals surface area contributed by atoms with Crippen LogP contribution in [0.15, 0.2) is 46.7 Å². The van der Waals surface area contributed by atoms with Crippen LogP contribution in [0.1, 0.15) is 34.1 Å². The van der Waals surface area contributed by atoms with E-state index in [9.17, 15) is 13.2 Å². The lowest BCUT2D eigenvalue weighted by Gasteiger charge is -2.23. The monoisotopic (exact) mass is 407 g/mol. The molecule has 0 unspecified atom stereocenters. The lowest BCUT2D eigenvalue weighted by Crippen LogP contribution is -2.34. The number of nitrogens with one attached hydrogen (secondary N) is 1. The Bertz CT molecular complexity index is 856. The molecule has 27 heavy (non-hydrogen) atoms. The van der Waals surface area contributed by atoms with E-state index in [1.165, 1.54) is 21.3 Å². The van der Waals surface area contributed by atoms with Crippen molar-refractivity contribution in [1.29, 1.82) is 0 Å². The zero-order valence-electron chi connectivity index (χ0n) is 15.6. The van der Waals surface area contributed by atoms with Crippen LogP contribution in [0.3, 0.4) is 0 Å². The average molecular weight is 408 g/mol. The standard InChI is InChI=1S/C19H25N3O3S2/c1-21(2)17(18-6-5-13-26-18)14-20-19(23)15-7-9-16(10-8-15)27(24,25)22-11-3-4-12-22/h5-10,13,17H,3-4,11-12,14H2,1-2H3,(H,20,23)/t17-/m0/s1. The molecule has 0 radical (unpaired) electrons. The highest BCUT2D eigenvalue weighted by molar-refractivity contribution is 7.89. The molecule has 1 aromatic heterocycles. The zero-order valence-corrected chi connectivity index (χ0v) is 17.2. The number of likely N-dealkylation sites (N-methyl/N-ethyl adjacent to an activating group) is 1. The Hall–Kier alpha value is -1.74. The normalized spacial score (nSPS) is 16.6. The van der Waals surface area contributed by atoms with Crippen molar-refractivity contribution < 1.29 is 13.2 Å². The van der Waals surface area contributed by atoms with Crippen molar-refractivity contribution in [2.24, 2.45) is 0 Å². The molecule has 1 atom stereocenters. The summed E-state index contributed by atoms with van der Waals surface area (Å²) in [7, 11) is 0.510. The predicted molar refractivity (Wildman–Crippen MR) is 108 cm³/mol. The molecule has 1 saturated heterocycles. The topological polar surface area (TPSA) is 69.7 Å². The number of rotatable bonds is 7. The van der Waals surface area contributed by atoms with E-state index in [1.807, 2.05) is 25.5 Å². The van der Waals surface area contributed by atoms with E-state index in [-0.39, 0.29) is 16.8 Å². The molecule has 1 fully saturated rings. The van der Waals surface area contributed by atoms with Gasteiger partial charge in [-0.25, -0.2) is 8.42 Å². The second-order valence-electron chi connectivity index (χ2n) is 6.84. The van der Waals surface area contributed by atoms with Gasteiger partial charge in [0.1, 0.15) is 0 Å². The third-order valence-electron chi connectivity index (χ3n) is 4.77. The Labute approximate surface area is 164 Å². The van der Waals surface area contributed by atoms with Crippen LogP contribution in [0, 0.1) is 0 Å². The number of carbonyl (C=O) groups excluding carboxylic acids is 1. The van der Waals surface area contributed by atoms with E-state index >= 15 is 0 Å². The summed E-state index contributed by atoms with van der Waals surface area (Å²) in [4.78, 5) is 16.0. The van der Waals surface area contributed by atoms with E-state index in [4.69, 9.17) is 0 Å². The molecule has 2 heterocycles. The summed E-state index contributed by atoms with van der Waals surface area (Å²) in [6.45, 7) is 1.62. The van der Waals surface area contributed by atoms with Crippen molar-refractivity contribution in [2.75, 3.05) is 33.7 Å². The minimum Gasteiger partial charge on any atom is -0.350 e. The second kappa shape index (κ2) is 8.52. The lowest BCUT2D eigenvalue weighted by molar-refractivity contribution is 0.0942. The first-order valence-corrected chi connectivity index (χ1v) is 11.3. The van der Waals surface area contributed by atoms with Gasteiger partial charge in [-0.3, -0.25) is 4.79 Å². The molecule has 1 N–H and O–H groups in total. The fourth-order valence-electron chi connectivity index (χ4n) is 3.17. The quantitative estimate of drug-likeness (QED) is 0.766.